The first-order chi connectivity index (χ1) is 10.8. The van der Waals surface area contributed by atoms with Crippen molar-refractivity contribution >= 4 is 22.5 Å². The zero-order chi connectivity index (χ0) is 14.9. The van der Waals surface area contributed by atoms with E-state index in [1.54, 1.807) is 6.20 Å². The molecular weight excluding hydrogens is 274 g/mol. The van der Waals surface area contributed by atoms with Crippen LogP contribution in [0.1, 0.15) is 29.9 Å². The number of hydrogen-bond acceptors (Lipinski definition) is 2. The normalized spacial score (nSPS) is 17.2. The van der Waals surface area contributed by atoms with Crippen molar-refractivity contribution in [3.8, 4) is 0 Å². The summed E-state index contributed by atoms with van der Waals surface area (Å²) in [5.74, 6) is -0.00243. The van der Waals surface area contributed by atoms with E-state index in [9.17, 15) is 4.79 Å². The van der Waals surface area contributed by atoms with Gasteiger partial charge in [-0.3, -0.25) is 9.89 Å². The molecule has 2 N–H and O–H groups in total. The standard InChI is InChI=1S/C18H17N3O/c22-18(15-9-3-6-12-5-1-2-8-14(12)15)20-16-10-4-7-13-11-19-21-17(13)16/h1-2,4-5,7-8,10-11,15H,3,6,9H2,(H,19,21)(H,20,22)/t15-/m0/s1. The third kappa shape index (κ3) is 2.17. The summed E-state index contributed by atoms with van der Waals surface area (Å²) in [6.07, 6.45) is 4.79. The van der Waals surface area contributed by atoms with Crippen LogP contribution in [0.15, 0.2) is 48.7 Å². The minimum atomic E-state index is -0.0665. The smallest absolute Gasteiger partial charge is 0.231 e. The predicted octanol–water partition coefficient (Wildman–Crippen LogP) is 3.62. The molecule has 1 atom stereocenters. The van der Waals surface area contributed by atoms with E-state index in [1.165, 1.54) is 11.1 Å². The summed E-state index contributed by atoms with van der Waals surface area (Å²) in [6.45, 7) is 0. The van der Waals surface area contributed by atoms with Crippen molar-refractivity contribution in [2.45, 2.75) is 25.2 Å². The molecule has 1 aliphatic rings. The zero-order valence-corrected chi connectivity index (χ0v) is 12.2. The van der Waals surface area contributed by atoms with Crippen LogP contribution in [-0.4, -0.2) is 16.1 Å². The van der Waals surface area contributed by atoms with Crippen LogP contribution in [0.3, 0.4) is 0 Å². The monoisotopic (exact) mass is 291 g/mol. The number of benzene rings is 2. The fraction of sp³-hybridized carbons (Fsp3) is 0.222. The Balaban J connectivity index is 1.65. The minimum absolute atomic E-state index is 0.0641. The van der Waals surface area contributed by atoms with Crippen molar-refractivity contribution in [2.75, 3.05) is 5.32 Å². The van der Waals surface area contributed by atoms with Crippen LogP contribution >= 0.6 is 0 Å². The predicted molar refractivity (Wildman–Crippen MR) is 86.8 cm³/mol. The molecule has 0 spiro atoms. The van der Waals surface area contributed by atoms with Gasteiger partial charge in [-0.15, -0.1) is 0 Å². The lowest BCUT2D eigenvalue weighted by Gasteiger charge is -2.24. The van der Waals surface area contributed by atoms with Crippen LogP contribution < -0.4 is 5.32 Å². The number of nitrogens with zero attached hydrogens (tertiary/aromatic N) is 1. The van der Waals surface area contributed by atoms with Crippen molar-refractivity contribution in [3.63, 3.8) is 0 Å². The number of para-hydroxylation sites is 1. The van der Waals surface area contributed by atoms with Gasteiger partial charge >= 0.3 is 0 Å². The average molecular weight is 291 g/mol. The fourth-order valence-electron chi connectivity index (χ4n) is 3.32. The average Bonchev–Trinajstić information content (AvgIpc) is 3.04. The lowest BCUT2D eigenvalue weighted by atomic mass is 9.82. The van der Waals surface area contributed by atoms with Crippen LogP contribution in [0.5, 0.6) is 0 Å². The van der Waals surface area contributed by atoms with E-state index in [4.69, 9.17) is 0 Å². The van der Waals surface area contributed by atoms with Crippen LogP contribution in [0.2, 0.25) is 0 Å². The Morgan fingerprint density at radius 2 is 2.09 bits per heavy atom. The van der Waals surface area contributed by atoms with Crippen LogP contribution in [0, 0.1) is 0 Å². The largest absolute Gasteiger partial charge is 0.324 e. The maximum absolute atomic E-state index is 12.8. The molecule has 1 aliphatic carbocycles. The summed E-state index contributed by atoms with van der Waals surface area (Å²) >= 11 is 0. The molecule has 0 bridgehead atoms. The number of aromatic amines is 1. The highest BCUT2D eigenvalue weighted by molar-refractivity contribution is 6.02. The summed E-state index contributed by atoms with van der Waals surface area (Å²) < 4.78 is 0. The van der Waals surface area contributed by atoms with Crippen LogP contribution in [0.25, 0.3) is 10.9 Å². The lowest BCUT2D eigenvalue weighted by Crippen LogP contribution is -2.24. The third-order valence-electron chi connectivity index (χ3n) is 4.42. The number of carbonyl (C=O) groups is 1. The summed E-state index contributed by atoms with van der Waals surface area (Å²) in [4.78, 5) is 12.8. The Labute approximate surface area is 128 Å². The SMILES string of the molecule is O=C(Nc1cccc2cn[nH]c12)[C@H]1CCCc2ccccc21. The van der Waals surface area contributed by atoms with Crippen molar-refractivity contribution in [2.24, 2.45) is 0 Å². The second kappa shape index (κ2) is 5.30. The Morgan fingerprint density at radius 3 is 3.05 bits per heavy atom. The molecule has 1 amide bonds. The molecule has 0 radical (unpaired) electrons. The molecule has 3 aromatic rings. The molecule has 0 fully saturated rings. The van der Waals surface area contributed by atoms with Gasteiger partial charge in [-0.25, -0.2) is 0 Å². The fourth-order valence-corrected chi connectivity index (χ4v) is 3.32. The molecule has 0 unspecified atom stereocenters. The van der Waals surface area contributed by atoms with Crippen LogP contribution in [0.4, 0.5) is 5.69 Å². The second-order valence-corrected chi connectivity index (χ2v) is 5.77. The zero-order valence-electron chi connectivity index (χ0n) is 12.2. The van der Waals surface area contributed by atoms with Gasteiger partial charge in [-0.05, 0) is 36.5 Å². The summed E-state index contributed by atoms with van der Waals surface area (Å²) in [5, 5.41) is 11.1. The summed E-state index contributed by atoms with van der Waals surface area (Å²) in [6, 6.07) is 14.1. The van der Waals surface area contributed by atoms with Crippen molar-refractivity contribution in [1.82, 2.24) is 10.2 Å². The molecule has 4 nitrogen and oxygen atoms in total. The maximum atomic E-state index is 12.8. The summed E-state index contributed by atoms with van der Waals surface area (Å²) in [5.41, 5.74) is 4.14. The van der Waals surface area contributed by atoms with E-state index in [0.717, 1.165) is 35.9 Å². The Hall–Kier alpha value is -2.62. The third-order valence-corrected chi connectivity index (χ3v) is 4.42. The Kier molecular flexibility index (Phi) is 3.15. The van der Waals surface area contributed by atoms with Crippen LogP contribution in [-0.2, 0) is 11.2 Å². The topological polar surface area (TPSA) is 57.8 Å². The van der Waals surface area contributed by atoms with Gasteiger partial charge in [0, 0.05) is 5.39 Å². The molecular formula is C18H17N3O. The van der Waals surface area contributed by atoms with Gasteiger partial charge in [-0.1, -0.05) is 36.4 Å². The second-order valence-electron chi connectivity index (χ2n) is 5.77. The van der Waals surface area contributed by atoms with E-state index in [1.807, 2.05) is 30.3 Å². The van der Waals surface area contributed by atoms with E-state index in [0.29, 0.717) is 0 Å². The minimum Gasteiger partial charge on any atom is -0.324 e. The number of aromatic nitrogens is 2. The van der Waals surface area contributed by atoms with Gasteiger partial charge in [0.15, 0.2) is 0 Å². The molecule has 0 saturated heterocycles. The molecule has 2 aromatic carbocycles. The highest BCUT2D eigenvalue weighted by Gasteiger charge is 2.26. The Morgan fingerprint density at radius 1 is 1.18 bits per heavy atom. The highest BCUT2D eigenvalue weighted by Crippen LogP contribution is 2.33. The molecule has 4 heteroatoms. The highest BCUT2D eigenvalue weighted by atomic mass is 16.1. The van der Waals surface area contributed by atoms with Gasteiger partial charge in [-0.2, -0.15) is 5.10 Å². The van der Waals surface area contributed by atoms with E-state index in [-0.39, 0.29) is 11.8 Å². The van der Waals surface area contributed by atoms with E-state index < -0.39 is 0 Å². The molecule has 0 saturated carbocycles. The van der Waals surface area contributed by atoms with Gasteiger partial charge in [0.2, 0.25) is 5.91 Å². The number of H-pyrrole nitrogens is 1. The molecule has 110 valence electrons. The number of nitrogens with one attached hydrogen (secondary N) is 2. The number of rotatable bonds is 2. The van der Waals surface area contributed by atoms with Crippen molar-refractivity contribution < 1.29 is 4.79 Å². The molecule has 1 aromatic heterocycles. The first kappa shape index (κ1) is 13.1. The van der Waals surface area contributed by atoms with Gasteiger partial charge in [0.1, 0.15) is 0 Å². The van der Waals surface area contributed by atoms with Crippen molar-refractivity contribution in [3.05, 3.63) is 59.8 Å². The van der Waals surface area contributed by atoms with Crippen molar-refractivity contribution in [1.29, 1.82) is 0 Å². The molecule has 4 rings (SSSR count). The van der Waals surface area contributed by atoms with Gasteiger partial charge < -0.3 is 5.32 Å². The molecule has 1 heterocycles. The van der Waals surface area contributed by atoms with Gasteiger partial charge in [0.05, 0.1) is 23.3 Å². The number of aryl methyl sites for hydroxylation is 1. The number of carbonyl (C=O) groups excluding carboxylic acids is 1. The first-order valence-corrected chi connectivity index (χ1v) is 7.64. The molecule has 22 heavy (non-hydrogen) atoms. The number of hydrogen-bond donors (Lipinski definition) is 2. The van der Waals surface area contributed by atoms with Gasteiger partial charge in [0.25, 0.3) is 0 Å². The summed E-state index contributed by atoms with van der Waals surface area (Å²) in [7, 11) is 0. The van der Waals surface area contributed by atoms with E-state index >= 15 is 0 Å². The molecule has 0 aliphatic heterocycles. The number of anilines is 1. The quantitative estimate of drug-likeness (QED) is 0.757. The Bertz CT molecular complexity index is 837. The number of amides is 1. The number of fused-ring (bicyclic) bond motifs is 2. The lowest BCUT2D eigenvalue weighted by molar-refractivity contribution is -0.117. The maximum Gasteiger partial charge on any atom is 0.231 e. The first-order valence-electron chi connectivity index (χ1n) is 7.64. The van der Waals surface area contributed by atoms with E-state index in [2.05, 4.69) is 27.6 Å².